The van der Waals surface area contributed by atoms with Crippen molar-refractivity contribution in [3.05, 3.63) is 15.9 Å². The Kier molecular flexibility index (Phi) is 4.02. The fourth-order valence-corrected chi connectivity index (χ4v) is 3.05. The molecule has 1 aliphatic rings. The fraction of sp³-hybridized carbons (Fsp3) is 0.600. The number of hydrogen-bond acceptors (Lipinski definition) is 4. The van der Waals surface area contributed by atoms with Gasteiger partial charge in [-0.1, -0.05) is 0 Å². The molecule has 2 rings (SSSR count). The van der Waals surface area contributed by atoms with E-state index in [1.165, 1.54) is 8.79 Å². The highest BCUT2D eigenvalue weighted by Crippen LogP contribution is 2.26. The molecule has 5 heteroatoms. The molecule has 0 aliphatic carbocycles. The van der Waals surface area contributed by atoms with E-state index in [9.17, 15) is 0 Å². The highest BCUT2D eigenvalue weighted by molar-refractivity contribution is 9.11. The Morgan fingerprint density at radius 3 is 3.20 bits per heavy atom. The van der Waals surface area contributed by atoms with Crippen LogP contribution in [0.1, 0.15) is 0 Å². The zero-order valence-corrected chi connectivity index (χ0v) is 11.2. The summed E-state index contributed by atoms with van der Waals surface area (Å²) < 4.78 is 1.18. The van der Waals surface area contributed by atoms with Crippen LogP contribution in [0.25, 0.3) is 0 Å². The largest absolute Gasteiger partial charge is 0.375 e. The summed E-state index contributed by atoms with van der Waals surface area (Å²) in [6.07, 6.45) is 0. The zero-order valence-electron chi connectivity index (χ0n) is 8.79. The van der Waals surface area contributed by atoms with Crippen LogP contribution in [0.2, 0.25) is 0 Å². The normalized spacial score (nSPS) is 22.9. The van der Waals surface area contributed by atoms with Crippen LogP contribution in [0.4, 0.5) is 5.00 Å². The summed E-state index contributed by atoms with van der Waals surface area (Å²) in [5.41, 5.74) is 0. The summed E-state index contributed by atoms with van der Waals surface area (Å²) in [5, 5.41) is 8.20. The van der Waals surface area contributed by atoms with Gasteiger partial charge in [0.2, 0.25) is 0 Å². The van der Waals surface area contributed by atoms with E-state index < -0.39 is 0 Å². The first-order valence-electron chi connectivity index (χ1n) is 5.15. The van der Waals surface area contributed by atoms with Crippen molar-refractivity contribution in [2.45, 2.75) is 6.04 Å². The maximum Gasteiger partial charge on any atom is 0.0894 e. The average molecular weight is 290 g/mol. The van der Waals surface area contributed by atoms with Crippen molar-refractivity contribution >= 4 is 32.3 Å². The standard InChI is InChI=1S/C10H16BrN3S/c1-14-5-4-12-8(7-14)6-13-10-3-2-9(11)15-10/h2-3,8,12-13H,4-7H2,1H3. The first kappa shape index (κ1) is 11.4. The average Bonchev–Trinajstić information content (AvgIpc) is 2.62. The molecule has 0 radical (unpaired) electrons. The molecule has 84 valence electrons. The van der Waals surface area contributed by atoms with Crippen LogP contribution in [0, 0.1) is 0 Å². The number of likely N-dealkylation sites (N-methyl/N-ethyl adjacent to an activating group) is 1. The van der Waals surface area contributed by atoms with Crippen LogP contribution in [0.5, 0.6) is 0 Å². The van der Waals surface area contributed by atoms with E-state index in [2.05, 4.69) is 50.6 Å². The molecule has 15 heavy (non-hydrogen) atoms. The SMILES string of the molecule is CN1CCNC(CNc2ccc(Br)s2)C1. The van der Waals surface area contributed by atoms with Crippen molar-refractivity contribution in [2.24, 2.45) is 0 Å². The lowest BCUT2D eigenvalue weighted by Gasteiger charge is -2.31. The van der Waals surface area contributed by atoms with Gasteiger partial charge < -0.3 is 15.5 Å². The van der Waals surface area contributed by atoms with Crippen molar-refractivity contribution in [1.29, 1.82) is 0 Å². The van der Waals surface area contributed by atoms with Gasteiger partial charge in [0.05, 0.1) is 8.79 Å². The van der Waals surface area contributed by atoms with Crippen LogP contribution in [-0.4, -0.2) is 44.2 Å². The maximum atomic E-state index is 3.52. The van der Waals surface area contributed by atoms with Crippen LogP contribution in [-0.2, 0) is 0 Å². The van der Waals surface area contributed by atoms with E-state index >= 15 is 0 Å². The summed E-state index contributed by atoms with van der Waals surface area (Å²) in [7, 11) is 2.18. The molecule has 1 saturated heterocycles. The second-order valence-electron chi connectivity index (χ2n) is 3.90. The molecule has 1 aromatic rings. The topological polar surface area (TPSA) is 27.3 Å². The van der Waals surface area contributed by atoms with Gasteiger partial charge in [-0.25, -0.2) is 0 Å². The summed E-state index contributed by atoms with van der Waals surface area (Å²) >= 11 is 5.20. The van der Waals surface area contributed by atoms with Gasteiger partial charge >= 0.3 is 0 Å². The number of nitrogens with zero attached hydrogens (tertiary/aromatic N) is 1. The first-order valence-corrected chi connectivity index (χ1v) is 6.76. The van der Waals surface area contributed by atoms with E-state index in [1.54, 1.807) is 11.3 Å². The molecule has 1 unspecified atom stereocenters. The Bertz CT molecular complexity index is 315. The van der Waals surface area contributed by atoms with Crippen LogP contribution < -0.4 is 10.6 Å². The quantitative estimate of drug-likeness (QED) is 0.889. The molecule has 2 heterocycles. The van der Waals surface area contributed by atoms with Gasteiger partial charge in [-0.2, -0.15) is 0 Å². The maximum absolute atomic E-state index is 3.52. The Labute approximate surface area is 103 Å². The highest BCUT2D eigenvalue weighted by Gasteiger charge is 2.15. The van der Waals surface area contributed by atoms with Gasteiger partial charge in [0.25, 0.3) is 0 Å². The predicted octanol–water partition coefficient (Wildman–Crippen LogP) is 1.83. The Balaban J connectivity index is 1.77. The molecule has 1 aliphatic heterocycles. The predicted molar refractivity (Wildman–Crippen MR) is 69.8 cm³/mol. The van der Waals surface area contributed by atoms with Crippen molar-refractivity contribution in [1.82, 2.24) is 10.2 Å². The minimum Gasteiger partial charge on any atom is -0.375 e. The molecule has 0 bridgehead atoms. The number of hydrogen-bond donors (Lipinski definition) is 2. The minimum absolute atomic E-state index is 0.560. The van der Waals surface area contributed by atoms with E-state index in [-0.39, 0.29) is 0 Å². The smallest absolute Gasteiger partial charge is 0.0894 e. The molecule has 1 atom stereocenters. The highest BCUT2D eigenvalue weighted by atomic mass is 79.9. The fourth-order valence-electron chi connectivity index (χ4n) is 1.76. The van der Waals surface area contributed by atoms with Crippen molar-refractivity contribution in [3.63, 3.8) is 0 Å². The number of nitrogens with one attached hydrogen (secondary N) is 2. The molecule has 1 fully saturated rings. The van der Waals surface area contributed by atoms with Gasteiger partial charge in [0.1, 0.15) is 0 Å². The lowest BCUT2D eigenvalue weighted by molar-refractivity contribution is 0.244. The minimum atomic E-state index is 0.560. The molecule has 2 N–H and O–H groups in total. The van der Waals surface area contributed by atoms with Gasteiger partial charge in [-0.05, 0) is 35.1 Å². The zero-order chi connectivity index (χ0) is 10.7. The number of thiophene rings is 1. The van der Waals surface area contributed by atoms with Gasteiger partial charge in [0.15, 0.2) is 0 Å². The number of piperazine rings is 1. The summed E-state index contributed by atoms with van der Waals surface area (Å²) in [6.45, 7) is 4.37. The Hall–Kier alpha value is -0.100. The number of halogens is 1. The third-order valence-corrected chi connectivity index (χ3v) is 4.14. The lowest BCUT2D eigenvalue weighted by Crippen LogP contribution is -2.51. The summed E-state index contributed by atoms with van der Waals surface area (Å²) in [4.78, 5) is 2.37. The molecular formula is C10H16BrN3S. The molecule has 0 spiro atoms. The van der Waals surface area contributed by atoms with E-state index in [0.29, 0.717) is 6.04 Å². The summed E-state index contributed by atoms with van der Waals surface area (Å²) in [5.74, 6) is 0. The molecule has 0 aromatic carbocycles. The van der Waals surface area contributed by atoms with Crippen molar-refractivity contribution < 1.29 is 0 Å². The van der Waals surface area contributed by atoms with Crippen molar-refractivity contribution in [3.8, 4) is 0 Å². The number of anilines is 1. The molecule has 1 aromatic heterocycles. The second-order valence-corrected chi connectivity index (χ2v) is 6.36. The van der Waals surface area contributed by atoms with Crippen LogP contribution >= 0.6 is 27.3 Å². The van der Waals surface area contributed by atoms with Gasteiger partial charge in [-0.3, -0.25) is 0 Å². The third-order valence-electron chi connectivity index (χ3n) is 2.55. The first-order chi connectivity index (χ1) is 7.24. The van der Waals surface area contributed by atoms with Crippen LogP contribution in [0.15, 0.2) is 15.9 Å². The second kappa shape index (κ2) is 5.30. The van der Waals surface area contributed by atoms with Crippen molar-refractivity contribution in [2.75, 3.05) is 38.5 Å². The number of rotatable bonds is 3. The van der Waals surface area contributed by atoms with Crippen LogP contribution in [0.3, 0.4) is 0 Å². The van der Waals surface area contributed by atoms with Gasteiger partial charge in [0, 0.05) is 32.2 Å². The van der Waals surface area contributed by atoms with E-state index in [0.717, 1.165) is 26.2 Å². The molecule has 0 saturated carbocycles. The van der Waals surface area contributed by atoms with Gasteiger partial charge in [-0.15, -0.1) is 11.3 Å². The summed E-state index contributed by atoms with van der Waals surface area (Å²) in [6, 6.07) is 4.75. The van der Waals surface area contributed by atoms with E-state index in [4.69, 9.17) is 0 Å². The third kappa shape index (κ3) is 3.45. The molecular weight excluding hydrogens is 274 g/mol. The monoisotopic (exact) mass is 289 g/mol. The molecule has 0 amide bonds. The molecule has 3 nitrogen and oxygen atoms in total. The Morgan fingerprint density at radius 2 is 2.53 bits per heavy atom. The lowest BCUT2D eigenvalue weighted by atomic mass is 10.2. The van der Waals surface area contributed by atoms with E-state index in [1.807, 2.05) is 0 Å². The Morgan fingerprint density at radius 1 is 1.67 bits per heavy atom.